The fraction of sp³-hybridized carbons (Fsp3) is 0.150. The Kier molecular flexibility index (Phi) is 5.32. The Morgan fingerprint density at radius 1 is 0.963 bits per heavy atom. The van der Waals surface area contributed by atoms with Gasteiger partial charge in [-0.1, -0.05) is 18.2 Å². The van der Waals surface area contributed by atoms with Crippen molar-refractivity contribution in [2.45, 2.75) is 18.7 Å². The molecule has 0 amide bonds. The van der Waals surface area contributed by atoms with Crippen molar-refractivity contribution < 1.29 is 13.2 Å². The lowest BCUT2D eigenvalue weighted by molar-refractivity contribution is 0.414. The fourth-order valence-corrected chi connectivity index (χ4v) is 3.91. The third-order valence-electron chi connectivity index (χ3n) is 4.10. The topological polar surface area (TPSA) is 80.3 Å². The van der Waals surface area contributed by atoms with E-state index >= 15 is 0 Å². The third kappa shape index (κ3) is 4.38. The molecule has 0 saturated heterocycles. The van der Waals surface area contributed by atoms with Gasteiger partial charge in [0.25, 0.3) is 10.0 Å². The molecule has 2 N–H and O–H groups in total. The normalized spacial score (nSPS) is 11.1. The van der Waals surface area contributed by atoms with E-state index in [4.69, 9.17) is 4.74 Å². The second-order valence-electron chi connectivity index (χ2n) is 6.11. The van der Waals surface area contributed by atoms with Gasteiger partial charge in [-0.05, 0) is 61.4 Å². The van der Waals surface area contributed by atoms with Crippen LogP contribution in [0.4, 0.5) is 17.2 Å². The molecule has 0 radical (unpaired) electrons. The van der Waals surface area contributed by atoms with E-state index in [0.717, 1.165) is 11.3 Å². The number of para-hydroxylation sites is 1. The van der Waals surface area contributed by atoms with Crippen LogP contribution in [0, 0.1) is 13.8 Å². The Labute approximate surface area is 159 Å². The number of hydrogen-bond acceptors (Lipinski definition) is 5. The van der Waals surface area contributed by atoms with Gasteiger partial charge in [0.1, 0.15) is 11.6 Å². The molecule has 3 rings (SSSR count). The average molecular weight is 383 g/mol. The quantitative estimate of drug-likeness (QED) is 0.665. The summed E-state index contributed by atoms with van der Waals surface area (Å²) in [5.41, 5.74) is 3.04. The van der Waals surface area contributed by atoms with Gasteiger partial charge in [0.05, 0.1) is 23.9 Å². The van der Waals surface area contributed by atoms with Gasteiger partial charge in [-0.25, -0.2) is 13.4 Å². The van der Waals surface area contributed by atoms with Gasteiger partial charge in [0, 0.05) is 5.69 Å². The lowest BCUT2D eigenvalue weighted by Gasteiger charge is -2.12. The van der Waals surface area contributed by atoms with E-state index < -0.39 is 10.0 Å². The molecular formula is C20H21N3O3S. The number of aromatic nitrogens is 1. The minimum absolute atomic E-state index is 0.199. The summed E-state index contributed by atoms with van der Waals surface area (Å²) in [5, 5.41) is 3.21. The number of nitrogens with one attached hydrogen (secondary N) is 2. The van der Waals surface area contributed by atoms with E-state index in [-0.39, 0.29) is 4.90 Å². The predicted octanol–water partition coefficient (Wildman–Crippen LogP) is 4.25. The predicted molar refractivity (Wildman–Crippen MR) is 107 cm³/mol. The zero-order valence-corrected chi connectivity index (χ0v) is 16.2. The smallest absolute Gasteiger partial charge is 0.262 e. The number of benzene rings is 2. The highest BCUT2D eigenvalue weighted by atomic mass is 32.2. The molecule has 140 valence electrons. The standard InChI is InChI=1S/C20H21N3O3S/c1-14-6-4-5-7-18(14)22-20-11-8-16(13-21-20)23-27(24,25)19-10-9-17(26-3)12-15(19)2/h4-13,23H,1-3H3,(H,21,22). The van der Waals surface area contributed by atoms with Crippen molar-refractivity contribution in [3.63, 3.8) is 0 Å². The van der Waals surface area contributed by atoms with Crippen LogP contribution in [-0.4, -0.2) is 20.5 Å². The molecule has 0 aliphatic rings. The first-order valence-corrected chi connectivity index (χ1v) is 9.83. The van der Waals surface area contributed by atoms with Gasteiger partial charge in [0.15, 0.2) is 0 Å². The van der Waals surface area contributed by atoms with Crippen molar-refractivity contribution in [2.75, 3.05) is 17.1 Å². The van der Waals surface area contributed by atoms with Crippen LogP contribution < -0.4 is 14.8 Å². The number of rotatable bonds is 6. The summed E-state index contributed by atoms with van der Waals surface area (Å²) in [5.74, 6) is 1.24. The number of pyridine rings is 1. The average Bonchev–Trinajstić information content (AvgIpc) is 2.64. The summed E-state index contributed by atoms with van der Waals surface area (Å²) in [6.07, 6.45) is 1.48. The van der Waals surface area contributed by atoms with Gasteiger partial charge >= 0.3 is 0 Å². The van der Waals surface area contributed by atoms with Gasteiger partial charge in [-0.2, -0.15) is 0 Å². The largest absolute Gasteiger partial charge is 0.497 e. The molecule has 7 heteroatoms. The molecule has 0 fully saturated rings. The highest BCUT2D eigenvalue weighted by Gasteiger charge is 2.17. The van der Waals surface area contributed by atoms with Crippen molar-refractivity contribution in [3.05, 3.63) is 71.9 Å². The van der Waals surface area contributed by atoms with Crippen LogP contribution in [0.2, 0.25) is 0 Å². The molecule has 27 heavy (non-hydrogen) atoms. The number of anilines is 3. The Bertz CT molecular complexity index is 1050. The van der Waals surface area contributed by atoms with Gasteiger partial charge in [-0.3, -0.25) is 4.72 Å². The third-order valence-corrected chi connectivity index (χ3v) is 5.64. The van der Waals surface area contributed by atoms with Crippen LogP contribution in [0.1, 0.15) is 11.1 Å². The summed E-state index contributed by atoms with van der Waals surface area (Å²) in [7, 11) is -2.17. The summed E-state index contributed by atoms with van der Waals surface area (Å²) < 4.78 is 33.0. The zero-order valence-electron chi connectivity index (χ0n) is 15.4. The Morgan fingerprint density at radius 3 is 2.37 bits per heavy atom. The van der Waals surface area contributed by atoms with Crippen LogP contribution in [0.5, 0.6) is 5.75 Å². The SMILES string of the molecule is COc1ccc(S(=O)(=O)Nc2ccc(Nc3ccccc3C)nc2)c(C)c1. The number of hydrogen-bond donors (Lipinski definition) is 2. The summed E-state index contributed by atoms with van der Waals surface area (Å²) >= 11 is 0. The summed E-state index contributed by atoms with van der Waals surface area (Å²) in [6.45, 7) is 3.73. The molecule has 0 bridgehead atoms. The fourth-order valence-electron chi connectivity index (χ4n) is 2.64. The Morgan fingerprint density at radius 2 is 1.74 bits per heavy atom. The summed E-state index contributed by atoms with van der Waals surface area (Å²) in [6, 6.07) is 16.1. The Hall–Kier alpha value is -3.06. The number of sulfonamides is 1. The number of ether oxygens (including phenoxy) is 1. The van der Waals surface area contributed by atoms with E-state index in [9.17, 15) is 8.42 Å². The molecule has 0 atom stereocenters. The molecule has 0 aliphatic carbocycles. The molecule has 1 aromatic heterocycles. The summed E-state index contributed by atoms with van der Waals surface area (Å²) in [4.78, 5) is 4.48. The zero-order chi connectivity index (χ0) is 19.4. The minimum Gasteiger partial charge on any atom is -0.497 e. The van der Waals surface area contributed by atoms with E-state index in [1.165, 1.54) is 12.3 Å². The first-order valence-electron chi connectivity index (χ1n) is 8.35. The molecule has 3 aromatic rings. The number of aryl methyl sites for hydroxylation is 2. The molecule has 0 saturated carbocycles. The minimum atomic E-state index is -3.71. The first-order chi connectivity index (χ1) is 12.9. The molecular weight excluding hydrogens is 362 g/mol. The number of nitrogens with zero attached hydrogens (tertiary/aromatic N) is 1. The second-order valence-corrected chi connectivity index (χ2v) is 7.76. The monoisotopic (exact) mass is 383 g/mol. The maximum absolute atomic E-state index is 12.6. The van der Waals surface area contributed by atoms with Crippen LogP contribution in [0.3, 0.4) is 0 Å². The molecule has 0 spiro atoms. The van der Waals surface area contributed by atoms with Crippen LogP contribution in [0.15, 0.2) is 65.7 Å². The molecule has 0 aliphatic heterocycles. The van der Waals surface area contributed by atoms with Crippen molar-refractivity contribution in [1.82, 2.24) is 4.98 Å². The first kappa shape index (κ1) is 18.7. The molecule has 0 unspecified atom stereocenters. The van der Waals surface area contributed by atoms with Gasteiger partial charge in [-0.15, -0.1) is 0 Å². The van der Waals surface area contributed by atoms with Crippen LogP contribution >= 0.6 is 0 Å². The van der Waals surface area contributed by atoms with E-state index in [0.29, 0.717) is 22.8 Å². The Balaban J connectivity index is 1.77. The molecule has 1 heterocycles. The van der Waals surface area contributed by atoms with Crippen molar-refractivity contribution >= 4 is 27.2 Å². The lowest BCUT2D eigenvalue weighted by Crippen LogP contribution is -2.14. The van der Waals surface area contributed by atoms with E-state index in [1.807, 2.05) is 31.2 Å². The number of methoxy groups -OCH3 is 1. The van der Waals surface area contributed by atoms with Crippen molar-refractivity contribution in [1.29, 1.82) is 0 Å². The lowest BCUT2D eigenvalue weighted by atomic mass is 10.2. The highest BCUT2D eigenvalue weighted by molar-refractivity contribution is 7.92. The molecule has 6 nitrogen and oxygen atoms in total. The van der Waals surface area contributed by atoms with E-state index in [2.05, 4.69) is 15.0 Å². The second kappa shape index (κ2) is 7.67. The van der Waals surface area contributed by atoms with Gasteiger partial charge in [0.2, 0.25) is 0 Å². The van der Waals surface area contributed by atoms with Crippen LogP contribution in [-0.2, 0) is 10.0 Å². The molecule has 2 aromatic carbocycles. The maximum Gasteiger partial charge on any atom is 0.262 e. The van der Waals surface area contributed by atoms with Crippen molar-refractivity contribution in [2.24, 2.45) is 0 Å². The van der Waals surface area contributed by atoms with E-state index in [1.54, 1.807) is 38.3 Å². The maximum atomic E-state index is 12.6. The van der Waals surface area contributed by atoms with Crippen LogP contribution in [0.25, 0.3) is 0 Å². The van der Waals surface area contributed by atoms with Gasteiger partial charge < -0.3 is 10.1 Å². The van der Waals surface area contributed by atoms with Crippen molar-refractivity contribution in [3.8, 4) is 5.75 Å². The highest BCUT2D eigenvalue weighted by Crippen LogP contribution is 2.24.